The van der Waals surface area contributed by atoms with E-state index in [9.17, 15) is 14.7 Å². The van der Waals surface area contributed by atoms with Gasteiger partial charge in [-0.3, -0.25) is 4.79 Å². The van der Waals surface area contributed by atoms with Crippen molar-refractivity contribution in [3.63, 3.8) is 0 Å². The van der Waals surface area contributed by atoms with E-state index in [1.807, 2.05) is 0 Å². The summed E-state index contributed by atoms with van der Waals surface area (Å²) in [4.78, 5) is 26.8. The average Bonchev–Trinajstić information content (AvgIpc) is 2.32. The number of hydrogen-bond acceptors (Lipinski definition) is 5. The first-order valence-corrected chi connectivity index (χ1v) is 6.68. The SMILES string of the molecule is CC(C)[C@H](NC(=O)[C@](C)(CO)N=[N+]=[N-])C(=O)OC(C)(C)C. The van der Waals surface area contributed by atoms with E-state index in [0.717, 1.165) is 0 Å². The van der Waals surface area contributed by atoms with Gasteiger partial charge < -0.3 is 15.2 Å². The highest BCUT2D eigenvalue weighted by atomic mass is 16.6. The number of azide groups is 1. The van der Waals surface area contributed by atoms with Crippen LogP contribution in [0.4, 0.5) is 0 Å². The number of esters is 1. The molecule has 0 heterocycles. The van der Waals surface area contributed by atoms with Crippen LogP contribution in [-0.4, -0.2) is 40.8 Å². The molecule has 2 N–H and O–H groups in total. The molecule has 0 aliphatic rings. The molecule has 0 spiro atoms. The minimum atomic E-state index is -1.66. The first-order valence-electron chi connectivity index (χ1n) is 6.68. The third-order valence-corrected chi connectivity index (χ3v) is 2.68. The molecule has 1 amide bonds. The van der Waals surface area contributed by atoms with Crippen molar-refractivity contribution in [2.45, 2.75) is 58.7 Å². The van der Waals surface area contributed by atoms with Gasteiger partial charge in [-0.05, 0) is 39.1 Å². The standard InChI is InChI=1S/C13H24N4O4/c1-8(2)9(10(19)21-12(3,4)5)15-11(20)13(6,7-18)16-17-14/h8-9,18H,7H2,1-6H3,(H,15,20)/t9-,13-/m0/s1. The summed E-state index contributed by atoms with van der Waals surface area (Å²) in [6.45, 7) is 9.29. The van der Waals surface area contributed by atoms with Crippen molar-refractivity contribution >= 4 is 11.9 Å². The zero-order chi connectivity index (χ0) is 16.8. The molecule has 0 unspecified atom stereocenters. The number of aliphatic hydroxyl groups is 1. The smallest absolute Gasteiger partial charge is 0.329 e. The van der Waals surface area contributed by atoms with E-state index < -0.39 is 35.7 Å². The Morgan fingerprint density at radius 2 is 1.86 bits per heavy atom. The van der Waals surface area contributed by atoms with Crippen LogP contribution in [-0.2, 0) is 14.3 Å². The van der Waals surface area contributed by atoms with E-state index in [-0.39, 0.29) is 5.92 Å². The lowest BCUT2D eigenvalue weighted by molar-refractivity contribution is -0.160. The summed E-state index contributed by atoms with van der Waals surface area (Å²) in [6.07, 6.45) is 0. The van der Waals surface area contributed by atoms with Crippen molar-refractivity contribution in [2.24, 2.45) is 11.0 Å². The van der Waals surface area contributed by atoms with Crippen molar-refractivity contribution in [2.75, 3.05) is 6.61 Å². The predicted octanol–water partition coefficient (Wildman–Crippen LogP) is 1.53. The van der Waals surface area contributed by atoms with Crippen LogP contribution in [0.15, 0.2) is 5.11 Å². The van der Waals surface area contributed by atoms with Crippen LogP contribution in [0.5, 0.6) is 0 Å². The normalized spacial score (nSPS) is 15.6. The molecule has 0 aromatic rings. The Morgan fingerprint density at radius 1 is 1.33 bits per heavy atom. The van der Waals surface area contributed by atoms with Crippen LogP contribution in [0.2, 0.25) is 0 Å². The number of carbonyl (C=O) groups is 2. The second-order valence-corrected chi connectivity index (χ2v) is 6.35. The number of ether oxygens (including phenoxy) is 1. The van der Waals surface area contributed by atoms with Gasteiger partial charge in [-0.15, -0.1) is 0 Å². The number of amides is 1. The third-order valence-electron chi connectivity index (χ3n) is 2.68. The van der Waals surface area contributed by atoms with Crippen molar-refractivity contribution in [1.82, 2.24) is 5.32 Å². The van der Waals surface area contributed by atoms with Crippen LogP contribution in [0.3, 0.4) is 0 Å². The molecule has 0 aliphatic heterocycles. The highest BCUT2D eigenvalue weighted by Gasteiger charge is 2.36. The third kappa shape index (κ3) is 6.01. The number of nitrogens with one attached hydrogen (secondary N) is 1. The van der Waals surface area contributed by atoms with Gasteiger partial charge in [-0.25, -0.2) is 4.79 Å². The van der Waals surface area contributed by atoms with Crippen molar-refractivity contribution < 1.29 is 19.4 Å². The molecule has 0 radical (unpaired) electrons. The molecule has 120 valence electrons. The van der Waals surface area contributed by atoms with E-state index in [1.54, 1.807) is 34.6 Å². The van der Waals surface area contributed by atoms with Gasteiger partial charge in [-0.1, -0.05) is 19.0 Å². The summed E-state index contributed by atoms with van der Waals surface area (Å²) in [5.41, 5.74) is 6.12. The molecule has 0 aromatic heterocycles. The maximum atomic E-state index is 12.1. The predicted molar refractivity (Wildman–Crippen MR) is 77.3 cm³/mol. The minimum absolute atomic E-state index is 0.224. The fourth-order valence-corrected chi connectivity index (χ4v) is 1.41. The Balaban J connectivity index is 5.14. The van der Waals surface area contributed by atoms with E-state index in [0.29, 0.717) is 0 Å². The maximum Gasteiger partial charge on any atom is 0.329 e. The summed E-state index contributed by atoms with van der Waals surface area (Å²) in [5, 5.41) is 15.0. The van der Waals surface area contributed by atoms with Crippen LogP contribution >= 0.6 is 0 Å². The summed E-state index contributed by atoms with van der Waals surface area (Å²) >= 11 is 0. The van der Waals surface area contributed by atoms with Crippen LogP contribution in [0, 0.1) is 5.92 Å². The van der Waals surface area contributed by atoms with Crippen molar-refractivity contribution in [3.05, 3.63) is 10.4 Å². The minimum Gasteiger partial charge on any atom is -0.458 e. The number of nitrogens with zero attached hydrogens (tertiary/aromatic N) is 3. The monoisotopic (exact) mass is 300 g/mol. The van der Waals surface area contributed by atoms with Gasteiger partial charge in [0.2, 0.25) is 5.91 Å². The number of carbonyl (C=O) groups excluding carboxylic acids is 2. The van der Waals surface area contributed by atoms with Gasteiger partial charge in [-0.2, -0.15) is 0 Å². The summed E-state index contributed by atoms with van der Waals surface area (Å²) < 4.78 is 5.25. The molecule has 8 nitrogen and oxygen atoms in total. The Bertz CT molecular complexity index is 438. The maximum absolute atomic E-state index is 12.1. The van der Waals surface area contributed by atoms with E-state index in [1.165, 1.54) is 6.92 Å². The van der Waals surface area contributed by atoms with E-state index in [4.69, 9.17) is 10.3 Å². The summed E-state index contributed by atoms with van der Waals surface area (Å²) in [7, 11) is 0. The van der Waals surface area contributed by atoms with E-state index >= 15 is 0 Å². The summed E-state index contributed by atoms with van der Waals surface area (Å²) in [6, 6.07) is -0.892. The molecule has 0 fully saturated rings. The Hall–Kier alpha value is -1.79. The molecular formula is C13H24N4O4. The first kappa shape index (κ1) is 19.2. The first-order chi connectivity index (χ1) is 9.46. The zero-order valence-electron chi connectivity index (χ0n) is 13.4. The summed E-state index contributed by atoms with van der Waals surface area (Å²) in [5.74, 6) is -1.53. The van der Waals surface area contributed by atoms with Crippen LogP contribution in [0.25, 0.3) is 10.4 Å². The molecule has 0 aromatic carbocycles. The van der Waals surface area contributed by atoms with Gasteiger partial charge in [0.05, 0.1) is 6.61 Å². The number of rotatable bonds is 6. The fourth-order valence-electron chi connectivity index (χ4n) is 1.41. The largest absolute Gasteiger partial charge is 0.458 e. The molecule has 2 atom stereocenters. The molecule has 0 saturated carbocycles. The second-order valence-electron chi connectivity index (χ2n) is 6.35. The molecular weight excluding hydrogens is 276 g/mol. The van der Waals surface area contributed by atoms with Crippen molar-refractivity contribution in [3.8, 4) is 0 Å². The lowest BCUT2D eigenvalue weighted by Gasteiger charge is -2.29. The molecule has 0 bridgehead atoms. The Kier molecular flexibility index (Phi) is 6.66. The highest BCUT2D eigenvalue weighted by molar-refractivity contribution is 5.90. The molecule has 0 rings (SSSR count). The van der Waals surface area contributed by atoms with Crippen molar-refractivity contribution in [1.29, 1.82) is 0 Å². The fraction of sp³-hybridized carbons (Fsp3) is 0.846. The topological polar surface area (TPSA) is 124 Å². The number of aliphatic hydroxyl groups excluding tert-OH is 1. The quantitative estimate of drug-likeness (QED) is 0.334. The zero-order valence-corrected chi connectivity index (χ0v) is 13.4. The molecule has 21 heavy (non-hydrogen) atoms. The lowest BCUT2D eigenvalue weighted by Crippen LogP contribution is -2.54. The van der Waals surface area contributed by atoms with Gasteiger partial charge in [0.1, 0.15) is 17.2 Å². The van der Waals surface area contributed by atoms with Gasteiger partial charge in [0.25, 0.3) is 0 Å². The number of hydrogen-bond donors (Lipinski definition) is 2. The van der Waals surface area contributed by atoms with Crippen LogP contribution in [0.1, 0.15) is 41.5 Å². The molecule has 8 heteroatoms. The Morgan fingerprint density at radius 3 is 2.19 bits per heavy atom. The van der Waals surface area contributed by atoms with Gasteiger partial charge in [0, 0.05) is 4.91 Å². The average molecular weight is 300 g/mol. The van der Waals surface area contributed by atoms with Crippen LogP contribution < -0.4 is 5.32 Å². The highest BCUT2D eigenvalue weighted by Crippen LogP contribution is 2.15. The second kappa shape index (κ2) is 7.28. The van der Waals surface area contributed by atoms with Gasteiger partial charge in [0.15, 0.2) is 0 Å². The Labute approximate surface area is 124 Å². The molecule has 0 saturated heterocycles. The van der Waals surface area contributed by atoms with E-state index in [2.05, 4.69) is 15.3 Å². The van der Waals surface area contributed by atoms with Gasteiger partial charge >= 0.3 is 5.97 Å². The lowest BCUT2D eigenvalue weighted by atomic mass is 9.99. The molecule has 0 aliphatic carbocycles.